The van der Waals surface area contributed by atoms with Crippen molar-refractivity contribution >= 4 is 12.2 Å². The van der Waals surface area contributed by atoms with Crippen molar-refractivity contribution in [2.45, 2.75) is 32.1 Å². The topological polar surface area (TPSA) is 51.4 Å². The van der Waals surface area contributed by atoms with Crippen LogP contribution in [-0.4, -0.2) is 24.5 Å². The average molecular weight is 325 g/mol. The van der Waals surface area contributed by atoms with Gasteiger partial charge < -0.3 is 0 Å². The maximum absolute atomic E-state index is 5.45. The van der Waals surface area contributed by atoms with Crippen molar-refractivity contribution in [3.63, 3.8) is 0 Å². The van der Waals surface area contributed by atoms with Gasteiger partial charge in [-0.15, -0.1) is 0 Å². The van der Waals surface area contributed by atoms with Crippen LogP contribution < -0.4 is 0 Å². The summed E-state index contributed by atoms with van der Waals surface area (Å²) >= 11 is 5.45. The maximum atomic E-state index is 5.45. The molecule has 0 bridgehead atoms. The van der Waals surface area contributed by atoms with Gasteiger partial charge in [-0.25, -0.2) is 0 Å². The van der Waals surface area contributed by atoms with Crippen molar-refractivity contribution in [2.24, 2.45) is 7.05 Å². The van der Waals surface area contributed by atoms with Crippen molar-refractivity contribution in [1.29, 1.82) is 0 Å². The van der Waals surface area contributed by atoms with Crippen molar-refractivity contribution in [3.8, 4) is 5.69 Å². The Kier molecular flexibility index (Phi) is 3.23. The molecule has 3 aromatic rings. The summed E-state index contributed by atoms with van der Waals surface area (Å²) in [5, 5.41) is 11.9. The van der Waals surface area contributed by atoms with Crippen LogP contribution in [0.1, 0.15) is 40.9 Å². The Morgan fingerprint density at radius 3 is 2.57 bits per heavy atom. The van der Waals surface area contributed by atoms with E-state index in [1.54, 1.807) is 0 Å². The second-order valence-corrected chi connectivity index (χ2v) is 6.74. The van der Waals surface area contributed by atoms with Crippen LogP contribution in [0.25, 0.3) is 5.69 Å². The molecule has 1 fully saturated rings. The second kappa shape index (κ2) is 5.16. The lowest BCUT2D eigenvalue weighted by atomic mass is 10.1. The van der Waals surface area contributed by atoms with E-state index in [9.17, 15) is 0 Å². The third-order valence-corrected chi connectivity index (χ3v) is 4.83. The molecular weight excluding hydrogens is 306 g/mol. The predicted octanol–water partition coefficient (Wildman–Crippen LogP) is 3.55. The number of hydrogen-bond acceptors (Lipinski definition) is 3. The lowest BCUT2D eigenvalue weighted by molar-refractivity contribution is 0.756. The summed E-state index contributed by atoms with van der Waals surface area (Å²) in [6.07, 6.45) is 3.11. The number of hydrogen-bond donors (Lipinski definition) is 1. The molecule has 2 heterocycles. The van der Waals surface area contributed by atoms with Crippen LogP contribution in [0.4, 0.5) is 0 Å². The number of aryl methyl sites for hydroxylation is 3. The van der Waals surface area contributed by atoms with Crippen LogP contribution in [0.15, 0.2) is 30.5 Å². The average Bonchev–Trinajstić information content (AvgIpc) is 3.11. The van der Waals surface area contributed by atoms with Gasteiger partial charge in [-0.2, -0.15) is 10.2 Å². The predicted molar refractivity (Wildman–Crippen MR) is 91.5 cm³/mol. The van der Waals surface area contributed by atoms with Gasteiger partial charge in [0.15, 0.2) is 4.77 Å². The summed E-state index contributed by atoms with van der Waals surface area (Å²) in [7, 11) is 1.92. The van der Waals surface area contributed by atoms with Gasteiger partial charge in [0.2, 0.25) is 0 Å². The summed E-state index contributed by atoms with van der Waals surface area (Å²) in [5.41, 5.74) is 4.64. The third-order valence-electron chi connectivity index (χ3n) is 4.55. The van der Waals surface area contributed by atoms with Gasteiger partial charge in [0.25, 0.3) is 0 Å². The van der Waals surface area contributed by atoms with E-state index in [-0.39, 0.29) is 0 Å². The quantitative estimate of drug-likeness (QED) is 0.749. The van der Waals surface area contributed by atoms with Crippen LogP contribution in [-0.2, 0) is 7.05 Å². The summed E-state index contributed by atoms with van der Waals surface area (Å²) < 4.78 is 4.48. The zero-order valence-corrected chi connectivity index (χ0v) is 14.3. The highest BCUT2D eigenvalue weighted by atomic mass is 32.1. The van der Waals surface area contributed by atoms with Crippen molar-refractivity contribution in [3.05, 3.63) is 57.9 Å². The van der Waals surface area contributed by atoms with Crippen LogP contribution in [0.3, 0.4) is 0 Å². The zero-order chi connectivity index (χ0) is 16.1. The fourth-order valence-electron chi connectivity index (χ4n) is 3.26. The normalized spacial score (nSPS) is 20.0. The van der Waals surface area contributed by atoms with Gasteiger partial charge >= 0.3 is 0 Å². The molecule has 1 aromatic carbocycles. The molecule has 2 aromatic heterocycles. The molecule has 6 heteroatoms. The Morgan fingerprint density at radius 2 is 1.91 bits per heavy atom. The third kappa shape index (κ3) is 2.43. The fraction of sp³-hybridized carbons (Fsp3) is 0.353. The van der Waals surface area contributed by atoms with E-state index in [1.165, 1.54) is 11.1 Å². The van der Waals surface area contributed by atoms with E-state index in [1.807, 2.05) is 29.4 Å². The van der Waals surface area contributed by atoms with Gasteiger partial charge in [0, 0.05) is 19.2 Å². The van der Waals surface area contributed by atoms with E-state index >= 15 is 0 Å². The number of nitrogens with one attached hydrogen (secondary N) is 1. The molecule has 5 nitrogen and oxygen atoms in total. The molecule has 1 aliphatic rings. The minimum absolute atomic E-state index is 0.408. The zero-order valence-electron chi connectivity index (χ0n) is 13.4. The SMILES string of the molecule is Cc1ccc([C@H]2C[C@H]2c2n[nH]c(=S)n2-c2cn(C)nc2C)cc1. The molecule has 0 aliphatic heterocycles. The maximum Gasteiger partial charge on any atom is 0.199 e. The highest BCUT2D eigenvalue weighted by molar-refractivity contribution is 7.71. The summed E-state index contributed by atoms with van der Waals surface area (Å²) in [5.74, 6) is 1.94. The van der Waals surface area contributed by atoms with Crippen molar-refractivity contribution < 1.29 is 0 Å². The van der Waals surface area contributed by atoms with E-state index in [0.29, 0.717) is 16.6 Å². The Morgan fingerprint density at radius 1 is 1.17 bits per heavy atom. The first kappa shape index (κ1) is 14.4. The lowest BCUT2D eigenvalue weighted by Gasteiger charge is -2.05. The van der Waals surface area contributed by atoms with Crippen LogP contribution in [0, 0.1) is 18.6 Å². The highest BCUT2D eigenvalue weighted by Crippen LogP contribution is 2.54. The second-order valence-electron chi connectivity index (χ2n) is 6.36. The standard InChI is InChI=1S/C17H19N5S/c1-10-4-6-12(7-5-10)13-8-14(13)16-18-19-17(23)22(16)15-9-21(3)20-11(15)2/h4-7,9,13-14H,8H2,1-3H3,(H,19,23)/t13-,14-/m1/s1. The van der Waals surface area contributed by atoms with Gasteiger partial charge in [-0.05, 0) is 44.0 Å². The number of aromatic nitrogens is 5. The Bertz CT molecular complexity index is 915. The van der Waals surface area contributed by atoms with E-state index in [2.05, 4.69) is 46.5 Å². The minimum atomic E-state index is 0.408. The van der Waals surface area contributed by atoms with E-state index < -0.39 is 0 Å². The molecule has 0 saturated heterocycles. The monoisotopic (exact) mass is 325 g/mol. The molecule has 1 saturated carbocycles. The van der Waals surface area contributed by atoms with E-state index in [4.69, 9.17) is 12.2 Å². The molecule has 4 rings (SSSR count). The first-order valence-electron chi connectivity index (χ1n) is 7.79. The molecule has 23 heavy (non-hydrogen) atoms. The largest absolute Gasteiger partial charge is 0.273 e. The lowest BCUT2D eigenvalue weighted by Crippen LogP contribution is -2.01. The molecule has 0 radical (unpaired) electrons. The molecule has 0 spiro atoms. The summed E-state index contributed by atoms with van der Waals surface area (Å²) in [4.78, 5) is 0. The molecule has 0 amide bonds. The summed E-state index contributed by atoms with van der Waals surface area (Å²) in [6.45, 7) is 4.11. The summed E-state index contributed by atoms with van der Waals surface area (Å²) in [6, 6.07) is 8.79. The van der Waals surface area contributed by atoms with Gasteiger partial charge in [-0.3, -0.25) is 14.3 Å². The van der Waals surface area contributed by atoms with Gasteiger partial charge in [0.05, 0.1) is 11.4 Å². The molecule has 2 atom stereocenters. The number of aromatic amines is 1. The molecule has 1 N–H and O–H groups in total. The van der Waals surface area contributed by atoms with Gasteiger partial charge in [-0.1, -0.05) is 29.8 Å². The molecular formula is C17H19N5S. The Hall–Kier alpha value is -2.21. The fourth-order valence-corrected chi connectivity index (χ4v) is 3.50. The van der Waals surface area contributed by atoms with Crippen LogP contribution in [0.2, 0.25) is 0 Å². The van der Waals surface area contributed by atoms with Crippen LogP contribution >= 0.6 is 12.2 Å². The molecule has 1 aliphatic carbocycles. The molecule has 0 unspecified atom stereocenters. The first-order valence-corrected chi connectivity index (χ1v) is 8.20. The Labute approximate surface area is 140 Å². The molecule has 118 valence electrons. The first-order chi connectivity index (χ1) is 11.0. The minimum Gasteiger partial charge on any atom is -0.273 e. The smallest absolute Gasteiger partial charge is 0.199 e. The highest BCUT2D eigenvalue weighted by Gasteiger charge is 2.43. The van der Waals surface area contributed by atoms with Crippen LogP contribution in [0.5, 0.6) is 0 Å². The van der Waals surface area contributed by atoms with Crippen molar-refractivity contribution in [2.75, 3.05) is 0 Å². The van der Waals surface area contributed by atoms with E-state index in [0.717, 1.165) is 23.6 Å². The number of H-pyrrole nitrogens is 1. The Balaban J connectivity index is 1.71. The van der Waals surface area contributed by atoms with Crippen molar-refractivity contribution in [1.82, 2.24) is 24.5 Å². The van der Waals surface area contributed by atoms with Gasteiger partial charge in [0.1, 0.15) is 5.82 Å². The number of benzene rings is 1. The number of nitrogens with zero attached hydrogens (tertiary/aromatic N) is 4. The number of rotatable bonds is 3.